The lowest BCUT2D eigenvalue weighted by Gasteiger charge is -2.09. The third-order valence-electron chi connectivity index (χ3n) is 2.16. The Labute approximate surface area is 108 Å². The molecule has 1 heterocycles. The van der Waals surface area contributed by atoms with Crippen LogP contribution in [0.4, 0.5) is 11.4 Å². The molecule has 0 aliphatic carbocycles. The fraction of sp³-hybridized carbons (Fsp3) is 0.200. The van der Waals surface area contributed by atoms with Gasteiger partial charge in [-0.1, -0.05) is 28.4 Å². The van der Waals surface area contributed by atoms with E-state index in [1.54, 1.807) is 12.1 Å². The Morgan fingerprint density at radius 3 is 2.76 bits per heavy atom. The molecule has 0 saturated carbocycles. The van der Waals surface area contributed by atoms with Gasteiger partial charge in [0.15, 0.2) is 5.82 Å². The van der Waals surface area contributed by atoms with Gasteiger partial charge in [0.1, 0.15) is 0 Å². The smallest absolute Gasteiger partial charge is 0.213 e. The molecule has 0 saturated heterocycles. The maximum Gasteiger partial charge on any atom is 0.213 e. The van der Waals surface area contributed by atoms with Crippen LogP contribution in [-0.4, -0.2) is 16.7 Å². The summed E-state index contributed by atoms with van der Waals surface area (Å²) in [4.78, 5) is 3.91. The Kier molecular flexibility index (Phi) is 3.71. The van der Waals surface area contributed by atoms with E-state index in [-0.39, 0.29) is 0 Å². The quantitative estimate of drug-likeness (QED) is 0.837. The van der Waals surface area contributed by atoms with E-state index in [1.807, 2.05) is 0 Å². The molecule has 0 atom stereocenters. The molecule has 0 amide bonds. The summed E-state index contributed by atoms with van der Waals surface area (Å²) in [5.41, 5.74) is 7.08. The van der Waals surface area contributed by atoms with Gasteiger partial charge in [-0.25, -0.2) is 0 Å². The minimum atomic E-state index is 0.438. The number of hydrogen-bond acceptors (Lipinski definition) is 5. The topological polar surface area (TPSA) is 77.0 Å². The third kappa shape index (κ3) is 3.01. The number of nitrogen functional groups attached to an aromatic ring is 1. The first-order valence-electron chi connectivity index (χ1n) is 4.90. The molecule has 1 aromatic heterocycles. The number of aromatic nitrogens is 2. The summed E-state index contributed by atoms with van der Waals surface area (Å²) in [5.74, 6) is 0.635. The van der Waals surface area contributed by atoms with E-state index < -0.39 is 0 Å². The Hall–Kier alpha value is -1.46. The SMILES string of the molecule is Nc1cc(Cl)c(Cl)cc1NCCc1ncon1. The normalized spacial score (nSPS) is 10.5. The highest BCUT2D eigenvalue weighted by Crippen LogP contribution is 2.30. The van der Waals surface area contributed by atoms with Gasteiger partial charge >= 0.3 is 0 Å². The Balaban J connectivity index is 1.97. The Bertz CT molecular complexity index is 501. The number of halogens is 2. The van der Waals surface area contributed by atoms with E-state index in [1.165, 1.54) is 6.39 Å². The van der Waals surface area contributed by atoms with Crippen LogP contribution in [0.25, 0.3) is 0 Å². The van der Waals surface area contributed by atoms with E-state index >= 15 is 0 Å². The van der Waals surface area contributed by atoms with Gasteiger partial charge in [0.05, 0.1) is 21.4 Å². The predicted octanol–water partition coefficient (Wildman–Crippen LogP) is 2.61. The zero-order chi connectivity index (χ0) is 12.3. The van der Waals surface area contributed by atoms with E-state index in [4.69, 9.17) is 28.9 Å². The average molecular weight is 273 g/mol. The molecule has 1 aromatic carbocycles. The molecule has 5 nitrogen and oxygen atoms in total. The van der Waals surface area contributed by atoms with Gasteiger partial charge in [0.2, 0.25) is 6.39 Å². The zero-order valence-corrected chi connectivity index (χ0v) is 10.3. The molecular formula is C10H10Cl2N4O. The van der Waals surface area contributed by atoms with Gasteiger partial charge in [-0.2, -0.15) is 4.98 Å². The first-order valence-corrected chi connectivity index (χ1v) is 5.66. The van der Waals surface area contributed by atoms with Gasteiger partial charge in [-0.3, -0.25) is 0 Å². The molecular weight excluding hydrogens is 263 g/mol. The molecule has 0 fully saturated rings. The molecule has 7 heteroatoms. The van der Waals surface area contributed by atoms with Crippen molar-refractivity contribution in [2.75, 3.05) is 17.6 Å². The summed E-state index contributed by atoms with van der Waals surface area (Å²) < 4.78 is 4.62. The van der Waals surface area contributed by atoms with E-state index in [9.17, 15) is 0 Å². The van der Waals surface area contributed by atoms with E-state index in [2.05, 4.69) is 20.0 Å². The van der Waals surface area contributed by atoms with Gasteiger partial charge in [0.25, 0.3) is 0 Å². The maximum atomic E-state index is 5.90. The highest BCUT2D eigenvalue weighted by atomic mass is 35.5. The maximum absolute atomic E-state index is 5.90. The van der Waals surface area contributed by atoms with Crippen molar-refractivity contribution in [3.8, 4) is 0 Å². The number of anilines is 2. The number of nitrogens with zero attached hydrogens (tertiary/aromatic N) is 2. The van der Waals surface area contributed by atoms with Gasteiger partial charge in [0, 0.05) is 13.0 Å². The molecule has 2 aromatic rings. The predicted molar refractivity (Wildman–Crippen MR) is 67.4 cm³/mol. The summed E-state index contributed by atoms with van der Waals surface area (Å²) in [5, 5.41) is 7.73. The minimum absolute atomic E-state index is 0.438. The second-order valence-corrected chi connectivity index (χ2v) is 4.19. The summed E-state index contributed by atoms with van der Waals surface area (Å²) >= 11 is 11.7. The molecule has 0 unspecified atom stereocenters. The Morgan fingerprint density at radius 1 is 1.29 bits per heavy atom. The van der Waals surface area contributed by atoms with Crippen LogP contribution in [-0.2, 0) is 6.42 Å². The van der Waals surface area contributed by atoms with Crippen LogP contribution < -0.4 is 11.1 Å². The fourth-order valence-corrected chi connectivity index (χ4v) is 1.66. The summed E-state index contributed by atoms with van der Waals surface area (Å²) in [6.45, 7) is 0.627. The molecule has 90 valence electrons. The minimum Gasteiger partial charge on any atom is -0.397 e. The largest absolute Gasteiger partial charge is 0.397 e. The summed E-state index contributed by atoms with van der Waals surface area (Å²) in [7, 11) is 0. The van der Waals surface area contributed by atoms with Gasteiger partial charge < -0.3 is 15.6 Å². The van der Waals surface area contributed by atoms with Crippen molar-refractivity contribution in [3.05, 3.63) is 34.4 Å². The van der Waals surface area contributed by atoms with Crippen LogP contribution in [0.2, 0.25) is 10.0 Å². The van der Waals surface area contributed by atoms with Crippen molar-refractivity contribution in [2.24, 2.45) is 0 Å². The van der Waals surface area contributed by atoms with E-state index in [0.717, 1.165) is 5.69 Å². The third-order valence-corrected chi connectivity index (χ3v) is 2.89. The zero-order valence-electron chi connectivity index (χ0n) is 8.78. The lowest BCUT2D eigenvalue weighted by molar-refractivity contribution is 0.410. The van der Waals surface area contributed by atoms with Crippen molar-refractivity contribution in [1.29, 1.82) is 0 Å². The fourth-order valence-electron chi connectivity index (χ4n) is 1.33. The second-order valence-electron chi connectivity index (χ2n) is 3.38. The number of nitrogens with two attached hydrogens (primary N) is 1. The van der Waals surface area contributed by atoms with Gasteiger partial charge in [-0.15, -0.1) is 0 Å². The van der Waals surface area contributed by atoms with Crippen LogP contribution >= 0.6 is 23.2 Å². The lowest BCUT2D eigenvalue weighted by Crippen LogP contribution is -2.07. The molecule has 3 N–H and O–H groups in total. The van der Waals surface area contributed by atoms with Crippen molar-refractivity contribution in [2.45, 2.75) is 6.42 Å². The summed E-state index contributed by atoms with van der Waals surface area (Å²) in [6.07, 6.45) is 1.93. The average Bonchev–Trinajstić information content (AvgIpc) is 2.78. The number of benzene rings is 1. The molecule has 2 rings (SSSR count). The first-order chi connectivity index (χ1) is 8.16. The molecule has 0 aliphatic rings. The van der Waals surface area contributed by atoms with E-state index in [0.29, 0.717) is 34.5 Å². The molecule has 0 radical (unpaired) electrons. The van der Waals surface area contributed by atoms with Crippen molar-refractivity contribution >= 4 is 34.6 Å². The van der Waals surface area contributed by atoms with Crippen molar-refractivity contribution < 1.29 is 4.52 Å². The monoisotopic (exact) mass is 272 g/mol. The summed E-state index contributed by atoms with van der Waals surface area (Å²) in [6, 6.07) is 3.30. The second kappa shape index (κ2) is 5.25. The van der Waals surface area contributed by atoms with Crippen LogP contribution in [0, 0.1) is 0 Å². The van der Waals surface area contributed by atoms with Crippen molar-refractivity contribution in [3.63, 3.8) is 0 Å². The molecule has 17 heavy (non-hydrogen) atoms. The lowest BCUT2D eigenvalue weighted by atomic mass is 10.2. The van der Waals surface area contributed by atoms with Crippen LogP contribution in [0.15, 0.2) is 23.0 Å². The first kappa shape index (κ1) is 12.0. The number of rotatable bonds is 4. The van der Waals surface area contributed by atoms with Crippen LogP contribution in [0.5, 0.6) is 0 Å². The van der Waals surface area contributed by atoms with Crippen LogP contribution in [0.3, 0.4) is 0 Å². The highest BCUT2D eigenvalue weighted by Gasteiger charge is 2.05. The van der Waals surface area contributed by atoms with Gasteiger partial charge in [-0.05, 0) is 12.1 Å². The highest BCUT2D eigenvalue weighted by molar-refractivity contribution is 6.42. The van der Waals surface area contributed by atoms with Crippen LogP contribution in [0.1, 0.15) is 5.82 Å². The Morgan fingerprint density at radius 2 is 2.06 bits per heavy atom. The number of nitrogens with one attached hydrogen (secondary N) is 1. The number of hydrogen-bond donors (Lipinski definition) is 2. The molecule has 0 aliphatic heterocycles. The molecule has 0 spiro atoms. The van der Waals surface area contributed by atoms with Crippen molar-refractivity contribution in [1.82, 2.24) is 10.1 Å². The standard InChI is InChI=1S/C10H10Cl2N4O/c11-6-3-8(13)9(4-7(6)12)14-2-1-10-15-5-17-16-10/h3-5,14H,1-2,13H2. The molecule has 0 bridgehead atoms.